The third-order valence-electron chi connectivity index (χ3n) is 1.79. The van der Waals surface area contributed by atoms with Gasteiger partial charge in [0, 0.05) is 14.1 Å². The van der Waals surface area contributed by atoms with Crippen molar-refractivity contribution in [2.45, 2.75) is 20.3 Å². The first-order valence-corrected chi connectivity index (χ1v) is 5.21. The van der Waals surface area contributed by atoms with Crippen LogP contribution in [0.4, 0.5) is 5.82 Å². The number of aromatic nitrogens is 2. The van der Waals surface area contributed by atoms with Gasteiger partial charge in [0.2, 0.25) is 0 Å². The zero-order chi connectivity index (χ0) is 10.0. The topological polar surface area (TPSA) is 31.9 Å². The molecule has 0 aliphatic heterocycles. The third-order valence-corrected chi connectivity index (χ3v) is 2.63. The molecule has 0 fully saturated rings. The van der Waals surface area contributed by atoms with E-state index in [1.165, 1.54) is 5.69 Å². The Morgan fingerprint density at radius 1 is 1.46 bits per heavy atom. The lowest BCUT2D eigenvalue weighted by atomic mass is 10.1. The van der Waals surface area contributed by atoms with Crippen molar-refractivity contribution in [3.8, 4) is 0 Å². The minimum atomic E-state index is 0.645. The summed E-state index contributed by atoms with van der Waals surface area (Å²) in [7, 11) is 3.97. The molecule has 3 nitrogen and oxygen atoms in total. The predicted octanol–water partition coefficient (Wildman–Crippen LogP) is 2.44. The molecule has 1 rings (SSSR count). The van der Waals surface area contributed by atoms with Gasteiger partial charge in [-0.05, 0) is 28.3 Å². The summed E-state index contributed by atoms with van der Waals surface area (Å²) in [4.78, 5) is 1.99. The maximum atomic E-state index is 4.22. The lowest BCUT2D eigenvalue weighted by molar-refractivity contribution is 0.632. The number of hydrogen-bond donors (Lipinski definition) is 1. The molecule has 0 amide bonds. The summed E-state index contributed by atoms with van der Waals surface area (Å²) in [5, 5.41) is 7.27. The number of aromatic amines is 1. The van der Waals surface area contributed by atoms with Crippen LogP contribution in [-0.4, -0.2) is 24.3 Å². The zero-order valence-electron chi connectivity index (χ0n) is 8.56. The van der Waals surface area contributed by atoms with Crippen molar-refractivity contribution < 1.29 is 0 Å². The number of rotatable bonds is 3. The van der Waals surface area contributed by atoms with Crippen molar-refractivity contribution in [3.05, 3.63) is 10.2 Å². The number of anilines is 1. The fourth-order valence-electron chi connectivity index (χ4n) is 1.19. The molecule has 0 atom stereocenters. The van der Waals surface area contributed by atoms with Gasteiger partial charge in [0.25, 0.3) is 0 Å². The number of nitrogens with one attached hydrogen (secondary N) is 1. The van der Waals surface area contributed by atoms with E-state index in [9.17, 15) is 0 Å². The monoisotopic (exact) mass is 245 g/mol. The Bertz CT molecular complexity index is 278. The van der Waals surface area contributed by atoms with Crippen LogP contribution in [-0.2, 0) is 6.42 Å². The number of halogens is 1. The second-order valence-corrected chi connectivity index (χ2v) is 4.63. The van der Waals surface area contributed by atoms with Crippen LogP contribution in [0.25, 0.3) is 0 Å². The number of hydrogen-bond acceptors (Lipinski definition) is 2. The van der Waals surface area contributed by atoms with Gasteiger partial charge in [-0.25, -0.2) is 0 Å². The van der Waals surface area contributed by atoms with E-state index in [4.69, 9.17) is 0 Å². The summed E-state index contributed by atoms with van der Waals surface area (Å²) in [6.45, 7) is 4.39. The van der Waals surface area contributed by atoms with Crippen molar-refractivity contribution in [1.82, 2.24) is 10.2 Å². The van der Waals surface area contributed by atoms with Crippen molar-refractivity contribution >= 4 is 21.7 Å². The Balaban J connectivity index is 2.86. The van der Waals surface area contributed by atoms with Crippen LogP contribution >= 0.6 is 15.9 Å². The molecule has 0 saturated heterocycles. The minimum Gasteiger partial charge on any atom is -0.360 e. The standard InChI is InChI=1S/C9H16BrN3/c1-6(2)5-7-8(10)9(12-11-7)13(3)4/h6H,5H2,1-4H3,(H,11,12). The Morgan fingerprint density at radius 2 is 2.08 bits per heavy atom. The summed E-state index contributed by atoms with van der Waals surface area (Å²) < 4.78 is 1.09. The molecule has 1 aromatic rings. The van der Waals surface area contributed by atoms with Gasteiger partial charge in [-0.15, -0.1) is 0 Å². The van der Waals surface area contributed by atoms with Gasteiger partial charge in [-0.3, -0.25) is 5.10 Å². The van der Waals surface area contributed by atoms with Crippen LogP contribution in [0, 0.1) is 5.92 Å². The molecule has 4 heteroatoms. The predicted molar refractivity (Wildman–Crippen MR) is 59.2 cm³/mol. The first-order chi connectivity index (χ1) is 6.02. The van der Waals surface area contributed by atoms with Crippen LogP contribution in [0.3, 0.4) is 0 Å². The molecule has 0 aliphatic carbocycles. The van der Waals surface area contributed by atoms with Gasteiger partial charge in [0.1, 0.15) is 0 Å². The van der Waals surface area contributed by atoms with Crippen molar-refractivity contribution in [3.63, 3.8) is 0 Å². The van der Waals surface area contributed by atoms with E-state index in [2.05, 4.69) is 40.0 Å². The van der Waals surface area contributed by atoms with Gasteiger partial charge >= 0.3 is 0 Å². The lowest BCUT2D eigenvalue weighted by Gasteiger charge is -2.08. The summed E-state index contributed by atoms with van der Waals surface area (Å²) in [5.41, 5.74) is 1.18. The Hall–Kier alpha value is -0.510. The molecule has 1 aromatic heterocycles. The fourth-order valence-corrected chi connectivity index (χ4v) is 1.89. The molecule has 0 spiro atoms. The molecule has 0 aliphatic rings. The molecule has 1 heterocycles. The molecular formula is C9H16BrN3. The average Bonchev–Trinajstić information content (AvgIpc) is 2.32. The van der Waals surface area contributed by atoms with Gasteiger partial charge in [0.15, 0.2) is 5.82 Å². The van der Waals surface area contributed by atoms with Crippen LogP contribution in [0.15, 0.2) is 4.47 Å². The highest BCUT2D eigenvalue weighted by molar-refractivity contribution is 9.10. The highest BCUT2D eigenvalue weighted by Gasteiger charge is 2.12. The Labute approximate surface area is 87.6 Å². The summed E-state index contributed by atoms with van der Waals surface area (Å²) in [6.07, 6.45) is 1.03. The van der Waals surface area contributed by atoms with E-state index in [-0.39, 0.29) is 0 Å². The number of H-pyrrole nitrogens is 1. The van der Waals surface area contributed by atoms with E-state index in [0.717, 1.165) is 16.7 Å². The zero-order valence-corrected chi connectivity index (χ0v) is 10.1. The van der Waals surface area contributed by atoms with E-state index in [1.807, 2.05) is 19.0 Å². The first kappa shape index (κ1) is 10.6. The van der Waals surface area contributed by atoms with E-state index >= 15 is 0 Å². The number of nitrogens with zero attached hydrogens (tertiary/aromatic N) is 2. The molecule has 13 heavy (non-hydrogen) atoms. The molecule has 0 saturated carbocycles. The maximum Gasteiger partial charge on any atom is 0.164 e. The molecule has 0 bridgehead atoms. The van der Waals surface area contributed by atoms with Gasteiger partial charge in [0.05, 0.1) is 10.2 Å². The van der Waals surface area contributed by atoms with E-state index < -0.39 is 0 Å². The molecule has 0 radical (unpaired) electrons. The largest absolute Gasteiger partial charge is 0.360 e. The first-order valence-electron chi connectivity index (χ1n) is 4.42. The van der Waals surface area contributed by atoms with Gasteiger partial charge in [-0.1, -0.05) is 13.8 Å². The van der Waals surface area contributed by atoms with Crippen LogP contribution < -0.4 is 4.90 Å². The Morgan fingerprint density at radius 3 is 2.46 bits per heavy atom. The molecule has 74 valence electrons. The summed E-state index contributed by atoms with van der Waals surface area (Å²) in [6, 6.07) is 0. The maximum absolute atomic E-state index is 4.22. The molecule has 0 aromatic carbocycles. The summed E-state index contributed by atoms with van der Waals surface area (Å²) >= 11 is 3.54. The van der Waals surface area contributed by atoms with Gasteiger partial charge in [-0.2, -0.15) is 5.10 Å². The fraction of sp³-hybridized carbons (Fsp3) is 0.667. The Kier molecular flexibility index (Phi) is 3.36. The second kappa shape index (κ2) is 4.13. The van der Waals surface area contributed by atoms with Crippen molar-refractivity contribution in [2.24, 2.45) is 5.92 Å². The highest BCUT2D eigenvalue weighted by atomic mass is 79.9. The minimum absolute atomic E-state index is 0.645. The summed E-state index contributed by atoms with van der Waals surface area (Å²) in [5.74, 6) is 1.61. The van der Waals surface area contributed by atoms with E-state index in [1.54, 1.807) is 0 Å². The van der Waals surface area contributed by atoms with Crippen LogP contribution in [0.2, 0.25) is 0 Å². The quantitative estimate of drug-likeness (QED) is 0.888. The smallest absolute Gasteiger partial charge is 0.164 e. The van der Waals surface area contributed by atoms with Gasteiger partial charge < -0.3 is 4.90 Å². The van der Waals surface area contributed by atoms with Crippen molar-refractivity contribution in [2.75, 3.05) is 19.0 Å². The molecular weight excluding hydrogens is 230 g/mol. The average molecular weight is 246 g/mol. The third kappa shape index (κ3) is 2.46. The molecule has 1 N–H and O–H groups in total. The van der Waals surface area contributed by atoms with E-state index in [0.29, 0.717) is 5.92 Å². The normalized spacial score (nSPS) is 10.9. The van der Waals surface area contributed by atoms with Crippen LogP contribution in [0.1, 0.15) is 19.5 Å². The lowest BCUT2D eigenvalue weighted by Crippen LogP contribution is -2.09. The SMILES string of the molecule is CC(C)Cc1[nH]nc(N(C)C)c1Br. The van der Waals surface area contributed by atoms with Crippen molar-refractivity contribution in [1.29, 1.82) is 0 Å². The second-order valence-electron chi connectivity index (χ2n) is 3.83. The van der Waals surface area contributed by atoms with Crippen LogP contribution in [0.5, 0.6) is 0 Å². The highest BCUT2D eigenvalue weighted by Crippen LogP contribution is 2.27. The molecule has 0 unspecified atom stereocenters.